The Hall–Kier alpha value is -2.61. The van der Waals surface area contributed by atoms with Gasteiger partial charge in [0.25, 0.3) is 0 Å². The van der Waals surface area contributed by atoms with Crippen LogP contribution in [0.25, 0.3) is 0 Å². The van der Waals surface area contributed by atoms with Gasteiger partial charge in [0.2, 0.25) is 15.9 Å². The first-order valence-electron chi connectivity index (χ1n) is 7.97. The fourth-order valence-electron chi connectivity index (χ4n) is 2.63. The number of para-hydroxylation sites is 3. The molecule has 1 amide bonds. The number of carbonyl (C=O) groups is 1. The molecule has 0 heterocycles. The van der Waals surface area contributed by atoms with Crippen molar-refractivity contribution in [1.29, 1.82) is 0 Å². The zero-order chi connectivity index (χ0) is 19.3. The minimum absolute atomic E-state index is 0.155. The van der Waals surface area contributed by atoms with Gasteiger partial charge in [-0.25, -0.2) is 12.8 Å². The molecule has 0 spiro atoms. The van der Waals surface area contributed by atoms with Gasteiger partial charge in [-0.2, -0.15) is 0 Å². The fourth-order valence-corrected chi connectivity index (χ4v) is 3.84. The Balaban J connectivity index is 2.42. The third-order valence-electron chi connectivity index (χ3n) is 3.78. The van der Waals surface area contributed by atoms with Crippen molar-refractivity contribution in [3.8, 4) is 5.75 Å². The molecule has 0 aliphatic carbocycles. The molecule has 0 radical (unpaired) electrons. The highest BCUT2D eigenvalue weighted by atomic mass is 32.2. The van der Waals surface area contributed by atoms with Crippen LogP contribution in [-0.2, 0) is 14.8 Å². The van der Waals surface area contributed by atoms with Crippen molar-refractivity contribution in [2.45, 2.75) is 19.4 Å². The van der Waals surface area contributed by atoms with Crippen molar-refractivity contribution in [1.82, 2.24) is 0 Å². The van der Waals surface area contributed by atoms with Crippen LogP contribution >= 0.6 is 0 Å². The first-order valence-corrected chi connectivity index (χ1v) is 9.82. The second-order valence-electron chi connectivity index (χ2n) is 5.62. The van der Waals surface area contributed by atoms with Gasteiger partial charge >= 0.3 is 0 Å². The topological polar surface area (TPSA) is 75.7 Å². The predicted molar refractivity (Wildman–Crippen MR) is 99.4 cm³/mol. The minimum atomic E-state index is -3.90. The number of benzene rings is 2. The largest absolute Gasteiger partial charge is 0.495 e. The van der Waals surface area contributed by atoms with E-state index in [9.17, 15) is 17.6 Å². The number of methoxy groups -OCH3 is 1. The lowest BCUT2D eigenvalue weighted by atomic mass is 10.1. The highest BCUT2D eigenvalue weighted by Gasteiger charge is 2.33. The van der Waals surface area contributed by atoms with Crippen LogP contribution in [0, 0.1) is 5.82 Å². The number of ether oxygens (including phenoxy) is 1. The van der Waals surface area contributed by atoms with E-state index in [1.165, 1.54) is 25.3 Å². The van der Waals surface area contributed by atoms with Gasteiger partial charge < -0.3 is 10.1 Å². The number of hydrogen-bond donors (Lipinski definition) is 1. The first kappa shape index (κ1) is 19.7. The number of anilines is 2. The van der Waals surface area contributed by atoms with Crippen LogP contribution in [0.15, 0.2) is 48.5 Å². The van der Waals surface area contributed by atoms with E-state index in [0.717, 1.165) is 16.6 Å². The van der Waals surface area contributed by atoms with E-state index in [4.69, 9.17) is 4.74 Å². The number of hydrogen-bond acceptors (Lipinski definition) is 4. The van der Waals surface area contributed by atoms with Gasteiger partial charge in [0.1, 0.15) is 17.6 Å². The molecule has 6 nitrogen and oxygen atoms in total. The number of halogens is 1. The highest BCUT2D eigenvalue weighted by molar-refractivity contribution is 7.92. The van der Waals surface area contributed by atoms with Crippen LogP contribution in [0.5, 0.6) is 5.75 Å². The second kappa shape index (κ2) is 8.18. The fraction of sp³-hybridized carbons (Fsp3) is 0.278. The first-order chi connectivity index (χ1) is 12.3. The minimum Gasteiger partial charge on any atom is -0.495 e. The van der Waals surface area contributed by atoms with E-state index in [1.54, 1.807) is 31.2 Å². The van der Waals surface area contributed by atoms with E-state index in [2.05, 4.69) is 5.32 Å². The zero-order valence-electron chi connectivity index (χ0n) is 14.8. The Morgan fingerprint density at radius 1 is 1.19 bits per heavy atom. The van der Waals surface area contributed by atoms with Crippen LogP contribution in [0.2, 0.25) is 0 Å². The maximum Gasteiger partial charge on any atom is 0.248 e. The van der Waals surface area contributed by atoms with Gasteiger partial charge in [0.15, 0.2) is 0 Å². The van der Waals surface area contributed by atoms with Crippen molar-refractivity contribution in [3.63, 3.8) is 0 Å². The number of amides is 1. The van der Waals surface area contributed by atoms with Crippen molar-refractivity contribution in [2.24, 2.45) is 0 Å². The monoisotopic (exact) mass is 380 g/mol. The van der Waals surface area contributed by atoms with E-state index in [1.807, 2.05) is 0 Å². The SMILES string of the molecule is CC[C@@H](C(=O)Nc1ccccc1OC)N(c1ccccc1F)S(C)(=O)=O. The average Bonchev–Trinajstić information content (AvgIpc) is 2.59. The van der Waals surface area contributed by atoms with E-state index >= 15 is 0 Å². The van der Waals surface area contributed by atoms with Crippen LogP contribution in [0.1, 0.15) is 13.3 Å². The zero-order valence-corrected chi connectivity index (χ0v) is 15.6. The Morgan fingerprint density at radius 2 is 1.81 bits per heavy atom. The van der Waals surface area contributed by atoms with Gasteiger partial charge in [0.05, 0.1) is 24.7 Å². The number of nitrogens with zero attached hydrogens (tertiary/aromatic N) is 1. The quantitative estimate of drug-likeness (QED) is 0.801. The molecule has 0 saturated heterocycles. The molecule has 0 aliphatic rings. The van der Waals surface area contributed by atoms with E-state index < -0.39 is 27.8 Å². The molecule has 0 aromatic heterocycles. The van der Waals surface area contributed by atoms with Crippen molar-refractivity contribution in [2.75, 3.05) is 23.0 Å². The second-order valence-corrected chi connectivity index (χ2v) is 7.48. The number of carbonyl (C=O) groups excluding carboxylic acids is 1. The molecular weight excluding hydrogens is 359 g/mol. The Morgan fingerprint density at radius 3 is 2.38 bits per heavy atom. The molecule has 8 heteroatoms. The summed E-state index contributed by atoms with van der Waals surface area (Å²) in [4.78, 5) is 12.8. The summed E-state index contributed by atoms with van der Waals surface area (Å²) in [7, 11) is -2.44. The standard InChI is InChI=1S/C18H21FN2O4S/c1-4-15(18(22)20-14-10-6-8-12-17(14)25-2)21(26(3,23)24)16-11-7-5-9-13(16)19/h5-12,15H,4H2,1-3H3,(H,20,22)/t15-/m0/s1. The molecule has 0 unspecified atom stereocenters. The average molecular weight is 380 g/mol. The summed E-state index contributed by atoms with van der Waals surface area (Å²) in [6, 6.07) is 11.1. The molecule has 0 aliphatic heterocycles. The maximum absolute atomic E-state index is 14.2. The van der Waals surface area contributed by atoms with Gasteiger partial charge in [-0.15, -0.1) is 0 Å². The summed E-state index contributed by atoms with van der Waals surface area (Å²) < 4.78 is 44.9. The van der Waals surface area contributed by atoms with Gasteiger partial charge in [-0.3, -0.25) is 9.10 Å². The molecule has 0 bridgehead atoms. The maximum atomic E-state index is 14.2. The smallest absolute Gasteiger partial charge is 0.248 e. The van der Waals surface area contributed by atoms with Crippen molar-refractivity contribution >= 4 is 27.3 Å². The molecule has 1 atom stereocenters. The van der Waals surface area contributed by atoms with Crippen molar-refractivity contribution in [3.05, 3.63) is 54.3 Å². The molecule has 26 heavy (non-hydrogen) atoms. The lowest BCUT2D eigenvalue weighted by Crippen LogP contribution is -2.47. The summed E-state index contributed by atoms with van der Waals surface area (Å²) in [6.07, 6.45) is 1.10. The number of rotatable bonds is 7. The van der Waals surface area contributed by atoms with Gasteiger partial charge in [-0.1, -0.05) is 31.2 Å². The summed E-state index contributed by atoms with van der Waals surface area (Å²) in [5.74, 6) is -0.861. The van der Waals surface area contributed by atoms with Crippen LogP contribution in [0.3, 0.4) is 0 Å². The number of sulfonamides is 1. The third kappa shape index (κ3) is 4.32. The summed E-state index contributed by atoms with van der Waals surface area (Å²) >= 11 is 0. The Kier molecular flexibility index (Phi) is 6.20. The molecular formula is C18H21FN2O4S. The third-order valence-corrected chi connectivity index (χ3v) is 4.95. The molecule has 2 aromatic rings. The number of nitrogens with one attached hydrogen (secondary N) is 1. The summed E-state index contributed by atoms with van der Waals surface area (Å²) in [6.45, 7) is 1.66. The molecule has 1 N–H and O–H groups in total. The highest BCUT2D eigenvalue weighted by Crippen LogP contribution is 2.28. The Labute approximate surface area is 152 Å². The normalized spacial score (nSPS) is 12.3. The lowest BCUT2D eigenvalue weighted by molar-refractivity contribution is -0.117. The molecule has 140 valence electrons. The van der Waals surface area contributed by atoms with Crippen LogP contribution in [-0.4, -0.2) is 33.7 Å². The Bertz CT molecular complexity index is 886. The van der Waals surface area contributed by atoms with E-state index in [0.29, 0.717) is 11.4 Å². The summed E-state index contributed by atoms with van der Waals surface area (Å²) in [5, 5.41) is 2.66. The van der Waals surface area contributed by atoms with Gasteiger partial charge in [-0.05, 0) is 30.7 Å². The molecule has 0 saturated carbocycles. The summed E-state index contributed by atoms with van der Waals surface area (Å²) in [5.41, 5.74) is 0.234. The molecule has 0 fully saturated rings. The predicted octanol–water partition coefficient (Wildman–Crippen LogP) is 3.02. The molecule has 2 aromatic carbocycles. The van der Waals surface area contributed by atoms with E-state index in [-0.39, 0.29) is 12.1 Å². The van der Waals surface area contributed by atoms with Crippen LogP contribution in [0.4, 0.5) is 15.8 Å². The molecule has 2 rings (SSSR count). The van der Waals surface area contributed by atoms with Crippen molar-refractivity contribution < 1.29 is 22.3 Å². The van der Waals surface area contributed by atoms with Crippen LogP contribution < -0.4 is 14.4 Å². The van der Waals surface area contributed by atoms with Gasteiger partial charge in [0, 0.05) is 0 Å². The lowest BCUT2D eigenvalue weighted by Gasteiger charge is -2.30.